The van der Waals surface area contributed by atoms with Crippen LogP contribution in [0.2, 0.25) is 0 Å². The number of likely N-dealkylation sites (tertiary alicyclic amines) is 2. The summed E-state index contributed by atoms with van der Waals surface area (Å²) in [6.07, 6.45) is -0.234. The van der Waals surface area contributed by atoms with Crippen molar-refractivity contribution in [2.45, 2.75) is 76.5 Å². The molecule has 7 rings (SSSR count). The minimum Gasteiger partial charge on any atom is -0.454 e. The summed E-state index contributed by atoms with van der Waals surface area (Å²) in [5.41, 5.74) is 1.65. The Morgan fingerprint density at radius 3 is 1.43 bits per heavy atom. The number of fused-ring (bicyclic) bond motifs is 2. The summed E-state index contributed by atoms with van der Waals surface area (Å²) < 4.78 is 80.7. The third kappa shape index (κ3) is 7.78. The van der Waals surface area contributed by atoms with E-state index in [1.807, 2.05) is 0 Å². The lowest BCUT2D eigenvalue weighted by molar-refractivity contribution is -0.137. The maximum absolute atomic E-state index is 14.8. The molecule has 16 nitrogen and oxygen atoms in total. The van der Waals surface area contributed by atoms with Crippen molar-refractivity contribution in [2.75, 3.05) is 27.3 Å². The number of hydrogen-bond donors (Lipinski definition) is 4. The molecule has 310 valence electrons. The highest BCUT2D eigenvalue weighted by atomic mass is 19.3. The average Bonchev–Trinajstić information content (AvgIpc) is 4.02. The number of amides is 4. The molecule has 0 unspecified atom stereocenters. The second-order valence-electron chi connectivity index (χ2n) is 15.3. The fraction of sp³-hybridized carbons (Fsp3) is 0.474. The van der Waals surface area contributed by atoms with Crippen molar-refractivity contribution in [2.24, 2.45) is 11.8 Å². The Morgan fingerprint density at radius 1 is 0.707 bits per heavy atom. The monoisotopic (exact) mass is 814 g/mol. The molecular weight excluding hydrogens is 772 g/mol. The summed E-state index contributed by atoms with van der Waals surface area (Å²) in [4.78, 5) is 67.6. The number of alkyl carbamates (subject to hydrolysis) is 2. The van der Waals surface area contributed by atoms with Crippen LogP contribution < -0.4 is 10.6 Å². The van der Waals surface area contributed by atoms with E-state index in [1.54, 1.807) is 52.0 Å². The Balaban J connectivity index is 1.11. The Hall–Kier alpha value is -6.08. The minimum atomic E-state index is -3.20. The Morgan fingerprint density at radius 2 is 1.09 bits per heavy atom. The molecule has 2 aliphatic heterocycles. The molecule has 4 aromatic heterocycles. The molecule has 0 bridgehead atoms. The van der Waals surface area contributed by atoms with Gasteiger partial charge >= 0.3 is 12.2 Å². The molecule has 20 heteroatoms. The summed E-state index contributed by atoms with van der Waals surface area (Å²) >= 11 is 0. The molecular formula is C38H42F4N8O8. The maximum Gasteiger partial charge on any atom is 0.407 e. The molecule has 2 saturated heterocycles. The van der Waals surface area contributed by atoms with Gasteiger partial charge < -0.3 is 48.7 Å². The third-order valence-corrected chi connectivity index (χ3v) is 10.4. The molecule has 4 N–H and O–H groups in total. The van der Waals surface area contributed by atoms with E-state index < -0.39 is 97.8 Å². The summed E-state index contributed by atoms with van der Waals surface area (Å²) in [5.74, 6) is -7.72. The Labute approximate surface area is 328 Å². The van der Waals surface area contributed by atoms with E-state index in [0.717, 1.165) is 24.0 Å². The van der Waals surface area contributed by atoms with Crippen LogP contribution in [0.1, 0.15) is 64.3 Å². The highest BCUT2D eigenvalue weighted by Crippen LogP contribution is 2.43. The quantitative estimate of drug-likeness (QED) is 0.112. The van der Waals surface area contributed by atoms with Crippen molar-refractivity contribution >= 4 is 45.9 Å². The second-order valence-corrected chi connectivity index (χ2v) is 15.3. The van der Waals surface area contributed by atoms with Crippen molar-refractivity contribution in [1.82, 2.24) is 40.4 Å². The number of nitrogens with zero attached hydrogens (tertiary/aromatic N) is 4. The van der Waals surface area contributed by atoms with Gasteiger partial charge in [0, 0.05) is 23.6 Å². The molecule has 4 amide bonds. The van der Waals surface area contributed by atoms with Crippen LogP contribution in [-0.2, 0) is 19.1 Å². The minimum absolute atomic E-state index is 0.116. The molecule has 58 heavy (non-hydrogen) atoms. The number of rotatable bonds is 10. The predicted molar refractivity (Wildman–Crippen MR) is 198 cm³/mol. The van der Waals surface area contributed by atoms with E-state index in [-0.39, 0.29) is 11.6 Å². The molecule has 5 aromatic rings. The highest BCUT2D eigenvalue weighted by Gasteiger charge is 2.51. The lowest BCUT2D eigenvalue weighted by atomic mass is 10.0. The molecule has 0 spiro atoms. The molecule has 2 fully saturated rings. The lowest BCUT2D eigenvalue weighted by Gasteiger charge is -2.29. The Bertz CT molecular complexity index is 2160. The van der Waals surface area contributed by atoms with Gasteiger partial charge in [0.2, 0.25) is 11.8 Å². The van der Waals surface area contributed by atoms with Crippen LogP contribution in [0.15, 0.2) is 45.5 Å². The molecule has 0 radical (unpaired) electrons. The van der Waals surface area contributed by atoms with Crippen molar-refractivity contribution < 1.29 is 55.0 Å². The van der Waals surface area contributed by atoms with Gasteiger partial charge in [0.1, 0.15) is 46.3 Å². The first-order valence-corrected chi connectivity index (χ1v) is 18.5. The number of methoxy groups -OCH3 is 2. The zero-order valence-corrected chi connectivity index (χ0v) is 32.3. The van der Waals surface area contributed by atoms with Crippen molar-refractivity contribution in [1.29, 1.82) is 0 Å². The van der Waals surface area contributed by atoms with Crippen LogP contribution in [-0.4, -0.2) is 105 Å². The molecule has 4 atom stereocenters. The number of imidazole rings is 2. The van der Waals surface area contributed by atoms with Gasteiger partial charge in [-0.3, -0.25) is 9.59 Å². The molecule has 6 heterocycles. The van der Waals surface area contributed by atoms with E-state index >= 15 is 0 Å². The van der Waals surface area contributed by atoms with Gasteiger partial charge in [0.25, 0.3) is 11.8 Å². The standard InChI is InChI=1S/C38H42F4N8O8/c1-17(2)29(47-35(53)55-5)33(51)49-15-37(39,40)11-23(49)31-43-13-21(45-31)27-9-19-7-26-20(8-25(19)57-27)10-28(58-26)22-14-44-32(46-22)24-12-38(41,42)16-50(24)34(52)30(18(3)4)48-36(54)56-6/h7-10,13-14,17-18,23-24,29-30H,11-12,15-16H2,1-6H3,(H,43,45)(H,44,46)(H,47,53)(H,48,54)/t23-,24-,29-,30-/m0/s1. The van der Waals surface area contributed by atoms with E-state index in [1.165, 1.54) is 12.4 Å². The lowest BCUT2D eigenvalue weighted by Crippen LogP contribution is -2.51. The number of aromatic amines is 2. The van der Waals surface area contributed by atoms with Gasteiger partial charge in [0.15, 0.2) is 11.5 Å². The van der Waals surface area contributed by atoms with Crippen LogP contribution in [0.3, 0.4) is 0 Å². The van der Waals surface area contributed by atoms with Gasteiger partial charge in [-0.05, 0) is 36.1 Å². The second kappa shape index (κ2) is 15.0. The normalized spacial score (nSPS) is 19.9. The number of ether oxygens (including phenoxy) is 2. The third-order valence-electron chi connectivity index (χ3n) is 10.4. The average molecular weight is 815 g/mol. The van der Waals surface area contributed by atoms with Gasteiger partial charge in [-0.25, -0.2) is 37.1 Å². The number of carbonyl (C=O) groups excluding carboxylic acids is 4. The Kier molecular flexibility index (Phi) is 10.4. The van der Waals surface area contributed by atoms with Crippen molar-refractivity contribution in [3.63, 3.8) is 0 Å². The zero-order chi connectivity index (χ0) is 41.8. The highest BCUT2D eigenvalue weighted by molar-refractivity contribution is 5.96. The van der Waals surface area contributed by atoms with Gasteiger partial charge in [-0.1, -0.05) is 27.7 Å². The zero-order valence-electron chi connectivity index (χ0n) is 32.3. The maximum atomic E-state index is 14.8. The van der Waals surface area contributed by atoms with Crippen molar-refractivity contribution in [3.8, 4) is 22.9 Å². The molecule has 2 aliphatic rings. The van der Waals surface area contributed by atoms with Gasteiger partial charge in [0.05, 0.1) is 51.8 Å². The van der Waals surface area contributed by atoms with Gasteiger partial charge in [-0.2, -0.15) is 0 Å². The number of carbonyl (C=O) groups is 4. The fourth-order valence-electron chi connectivity index (χ4n) is 7.44. The van der Waals surface area contributed by atoms with E-state index in [9.17, 15) is 36.7 Å². The number of furan rings is 2. The first kappa shape index (κ1) is 40.1. The number of halogens is 4. The number of benzene rings is 1. The number of aromatic nitrogens is 4. The summed E-state index contributed by atoms with van der Waals surface area (Å²) in [6.45, 7) is 5.01. The first-order chi connectivity index (χ1) is 27.4. The number of nitrogens with one attached hydrogen (secondary N) is 4. The van der Waals surface area contributed by atoms with E-state index in [4.69, 9.17) is 8.83 Å². The van der Waals surface area contributed by atoms with Crippen molar-refractivity contribution in [3.05, 3.63) is 48.3 Å². The molecule has 0 aliphatic carbocycles. The predicted octanol–water partition coefficient (Wildman–Crippen LogP) is 6.54. The summed E-state index contributed by atoms with van der Waals surface area (Å²) in [6, 6.07) is 2.43. The van der Waals surface area contributed by atoms with Crippen LogP contribution >= 0.6 is 0 Å². The fourth-order valence-corrected chi connectivity index (χ4v) is 7.44. The van der Waals surface area contributed by atoms with E-state index in [0.29, 0.717) is 44.8 Å². The van der Waals surface area contributed by atoms with E-state index in [2.05, 4.69) is 40.0 Å². The largest absolute Gasteiger partial charge is 0.454 e. The summed E-state index contributed by atoms with van der Waals surface area (Å²) in [7, 11) is 2.28. The molecule has 1 aromatic carbocycles. The van der Waals surface area contributed by atoms with Crippen LogP contribution in [0.4, 0.5) is 27.2 Å². The topological polar surface area (TPSA) is 201 Å². The number of hydrogen-bond acceptors (Lipinski definition) is 10. The first-order valence-electron chi connectivity index (χ1n) is 18.5. The SMILES string of the molecule is COC(=O)N[C@H](C(=O)N1CC(F)(F)C[C@H]1c1ncc(-c2cc3cc4oc(-c5cnc([C@@H]6CC(F)(F)CN6C(=O)[C@@H](NC(=O)OC)C(C)C)[nH]5)cc4cc3o2)[nH]1)C(C)C. The van der Waals surface area contributed by atoms with Crippen LogP contribution in [0.25, 0.3) is 44.8 Å². The van der Waals surface area contributed by atoms with Gasteiger partial charge in [-0.15, -0.1) is 0 Å². The van der Waals surface area contributed by atoms with Crippen LogP contribution in [0, 0.1) is 11.8 Å². The number of H-pyrrole nitrogens is 2. The smallest absolute Gasteiger partial charge is 0.407 e. The number of alkyl halides is 4. The summed E-state index contributed by atoms with van der Waals surface area (Å²) in [5, 5.41) is 6.14. The van der Waals surface area contributed by atoms with Crippen LogP contribution in [0.5, 0.6) is 0 Å². The molecule has 0 saturated carbocycles.